The van der Waals surface area contributed by atoms with Gasteiger partial charge in [0.25, 0.3) is 0 Å². The number of hydrogen-bond donors (Lipinski definition) is 0. The molecule has 0 spiro atoms. The molecule has 0 radical (unpaired) electrons. The van der Waals surface area contributed by atoms with E-state index < -0.39 is 0 Å². The highest BCUT2D eigenvalue weighted by Crippen LogP contribution is 2.26. The van der Waals surface area contributed by atoms with Crippen molar-refractivity contribution < 1.29 is 0 Å². The van der Waals surface area contributed by atoms with Gasteiger partial charge in [-0.15, -0.1) is 15.3 Å². The summed E-state index contributed by atoms with van der Waals surface area (Å²) in [5.41, 5.74) is 2.16. The first-order valence-electron chi connectivity index (χ1n) is 9.02. The molecule has 0 bridgehead atoms. The third-order valence-corrected chi connectivity index (χ3v) is 4.90. The van der Waals surface area contributed by atoms with E-state index in [-0.39, 0.29) is 5.41 Å². The molecule has 0 amide bonds. The third kappa shape index (κ3) is 3.23. The van der Waals surface area contributed by atoms with Crippen LogP contribution >= 0.6 is 0 Å². The highest BCUT2D eigenvalue weighted by atomic mass is 15.4. The molecule has 1 unspecified atom stereocenters. The number of benzene rings is 1. The fourth-order valence-corrected chi connectivity index (χ4v) is 3.57. The molecule has 5 nitrogen and oxygen atoms in total. The van der Waals surface area contributed by atoms with E-state index >= 15 is 0 Å². The topological polar surface area (TPSA) is 46.3 Å². The van der Waals surface area contributed by atoms with Gasteiger partial charge in [0, 0.05) is 18.5 Å². The highest BCUT2D eigenvalue weighted by Gasteiger charge is 2.26. The third-order valence-electron chi connectivity index (χ3n) is 4.90. The molecule has 5 heteroatoms. The largest absolute Gasteiger partial charge is 0.355 e. The van der Waals surface area contributed by atoms with Gasteiger partial charge in [0.1, 0.15) is 5.82 Å². The van der Waals surface area contributed by atoms with Gasteiger partial charge in [-0.25, -0.2) is 0 Å². The van der Waals surface area contributed by atoms with Gasteiger partial charge in [0.05, 0.1) is 0 Å². The van der Waals surface area contributed by atoms with Gasteiger partial charge in [-0.1, -0.05) is 51.1 Å². The first kappa shape index (κ1) is 16.1. The molecule has 0 saturated carbocycles. The Bertz CT molecular complexity index is 863. The molecule has 2 aromatic heterocycles. The van der Waals surface area contributed by atoms with E-state index in [0.717, 1.165) is 36.8 Å². The van der Waals surface area contributed by atoms with Crippen molar-refractivity contribution in [3.8, 4) is 0 Å². The van der Waals surface area contributed by atoms with Gasteiger partial charge in [-0.3, -0.25) is 0 Å². The molecule has 0 aliphatic carbocycles. The highest BCUT2D eigenvalue weighted by molar-refractivity contribution is 5.47. The van der Waals surface area contributed by atoms with Gasteiger partial charge >= 0.3 is 0 Å². The van der Waals surface area contributed by atoms with Crippen molar-refractivity contribution in [1.29, 1.82) is 0 Å². The van der Waals surface area contributed by atoms with Crippen molar-refractivity contribution in [2.75, 3.05) is 18.0 Å². The van der Waals surface area contributed by atoms with Gasteiger partial charge in [0.15, 0.2) is 11.5 Å². The van der Waals surface area contributed by atoms with Crippen LogP contribution < -0.4 is 4.90 Å². The molecule has 1 saturated heterocycles. The summed E-state index contributed by atoms with van der Waals surface area (Å²) >= 11 is 0. The minimum Gasteiger partial charge on any atom is -0.355 e. The number of rotatable bonds is 3. The molecular formula is C20H25N5. The fourth-order valence-electron chi connectivity index (χ4n) is 3.57. The minimum absolute atomic E-state index is 0.0775. The van der Waals surface area contributed by atoms with Crippen LogP contribution in [0.3, 0.4) is 0 Å². The van der Waals surface area contributed by atoms with Crippen molar-refractivity contribution in [3.63, 3.8) is 0 Å². The van der Waals surface area contributed by atoms with Crippen LogP contribution in [-0.2, 0) is 11.8 Å². The average Bonchev–Trinajstić information content (AvgIpc) is 3.21. The normalized spacial score (nSPS) is 18.2. The Morgan fingerprint density at radius 2 is 1.84 bits per heavy atom. The zero-order valence-electron chi connectivity index (χ0n) is 15.2. The zero-order chi connectivity index (χ0) is 17.4. The monoisotopic (exact) mass is 335 g/mol. The van der Waals surface area contributed by atoms with E-state index in [2.05, 4.69) is 72.3 Å². The molecular weight excluding hydrogens is 310 g/mol. The van der Waals surface area contributed by atoms with Gasteiger partial charge in [-0.05, 0) is 36.5 Å². The predicted octanol–water partition coefficient (Wildman–Crippen LogP) is 3.49. The van der Waals surface area contributed by atoms with E-state index in [1.807, 2.05) is 10.6 Å². The van der Waals surface area contributed by atoms with Crippen LogP contribution in [0.1, 0.15) is 38.6 Å². The van der Waals surface area contributed by atoms with Crippen LogP contribution in [0.4, 0.5) is 5.82 Å². The number of hydrogen-bond acceptors (Lipinski definition) is 4. The molecule has 1 atom stereocenters. The summed E-state index contributed by atoms with van der Waals surface area (Å²) in [6.45, 7) is 8.54. The lowest BCUT2D eigenvalue weighted by Gasteiger charge is -2.19. The maximum atomic E-state index is 4.84. The zero-order valence-corrected chi connectivity index (χ0v) is 15.2. The van der Waals surface area contributed by atoms with Crippen LogP contribution in [0.15, 0.2) is 42.5 Å². The predicted molar refractivity (Wildman–Crippen MR) is 99.9 cm³/mol. The molecule has 1 fully saturated rings. The molecule has 4 rings (SSSR count). The molecule has 1 aliphatic rings. The average molecular weight is 335 g/mol. The van der Waals surface area contributed by atoms with Gasteiger partial charge in [-0.2, -0.15) is 4.52 Å². The standard InChI is InChI=1S/C20H25N5/c1-20(2,3)19-22-21-17-9-10-18(23-25(17)19)24-12-11-16(14-24)13-15-7-5-4-6-8-15/h4-10,16H,11-14H2,1-3H3. The Labute approximate surface area is 148 Å². The lowest BCUT2D eigenvalue weighted by Crippen LogP contribution is -2.23. The Kier molecular flexibility index (Phi) is 3.94. The lowest BCUT2D eigenvalue weighted by atomic mass is 9.96. The molecule has 1 aliphatic heterocycles. The molecule has 0 N–H and O–H groups in total. The van der Waals surface area contributed by atoms with Crippen LogP contribution in [0.25, 0.3) is 5.65 Å². The van der Waals surface area contributed by atoms with E-state index in [9.17, 15) is 0 Å². The van der Waals surface area contributed by atoms with Crippen molar-refractivity contribution in [2.45, 2.75) is 39.0 Å². The van der Waals surface area contributed by atoms with E-state index in [1.165, 1.54) is 12.0 Å². The Hall–Kier alpha value is -2.43. The van der Waals surface area contributed by atoms with E-state index in [4.69, 9.17) is 5.10 Å². The second kappa shape index (κ2) is 6.14. The maximum Gasteiger partial charge on any atom is 0.178 e. The van der Waals surface area contributed by atoms with Crippen molar-refractivity contribution >= 4 is 11.5 Å². The van der Waals surface area contributed by atoms with E-state index in [1.54, 1.807) is 0 Å². The summed E-state index contributed by atoms with van der Waals surface area (Å²) < 4.78 is 1.90. The Morgan fingerprint density at radius 3 is 2.60 bits per heavy atom. The summed E-state index contributed by atoms with van der Waals surface area (Å²) in [5, 5.41) is 13.4. The minimum atomic E-state index is -0.0775. The Morgan fingerprint density at radius 1 is 1.04 bits per heavy atom. The number of aromatic nitrogens is 4. The summed E-state index contributed by atoms with van der Waals surface area (Å²) in [6.07, 6.45) is 2.35. The lowest BCUT2D eigenvalue weighted by molar-refractivity contribution is 0.526. The van der Waals surface area contributed by atoms with Crippen LogP contribution in [-0.4, -0.2) is 32.9 Å². The second-order valence-electron chi connectivity index (χ2n) is 8.03. The Balaban J connectivity index is 1.54. The molecule has 3 heterocycles. The summed E-state index contributed by atoms with van der Waals surface area (Å²) in [5.74, 6) is 2.61. The quantitative estimate of drug-likeness (QED) is 0.735. The SMILES string of the molecule is CC(C)(C)c1nnc2ccc(N3CCC(Cc4ccccc4)C3)nn12. The molecule has 3 aromatic rings. The van der Waals surface area contributed by atoms with Crippen molar-refractivity contribution in [3.05, 3.63) is 53.9 Å². The summed E-state index contributed by atoms with van der Waals surface area (Å²) in [6, 6.07) is 14.9. The summed E-state index contributed by atoms with van der Waals surface area (Å²) in [4.78, 5) is 2.39. The van der Waals surface area contributed by atoms with Crippen LogP contribution in [0.5, 0.6) is 0 Å². The summed E-state index contributed by atoms with van der Waals surface area (Å²) in [7, 11) is 0. The smallest absolute Gasteiger partial charge is 0.178 e. The number of fused-ring (bicyclic) bond motifs is 1. The van der Waals surface area contributed by atoms with Gasteiger partial charge < -0.3 is 4.90 Å². The fraction of sp³-hybridized carbons (Fsp3) is 0.450. The molecule has 1 aromatic carbocycles. The van der Waals surface area contributed by atoms with E-state index in [0.29, 0.717) is 5.92 Å². The molecule has 25 heavy (non-hydrogen) atoms. The van der Waals surface area contributed by atoms with Crippen molar-refractivity contribution in [1.82, 2.24) is 19.8 Å². The maximum absolute atomic E-state index is 4.84. The van der Waals surface area contributed by atoms with Crippen molar-refractivity contribution in [2.24, 2.45) is 5.92 Å². The molecule has 130 valence electrons. The first-order valence-corrected chi connectivity index (χ1v) is 9.02. The van der Waals surface area contributed by atoms with Crippen LogP contribution in [0, 0.1) is 5.92 Å². The number of nitrogens with zero attached hydrogens (tertiary/aromatic N) is 5. The van der Waals surface area contributed by atoms with Gasteiger partial charge in [0.2, 0.25) is 0 Å². The first-order chi connectivity index (χ1) is 12.0. The van der Waals surface area contributed by atoms with Crippen LogP contribution in [0.2, 0.25) is 0 Å². The second-order valence-corrected chi connectivity index (χ2v) is 8.03. The number of anilines is 1.